The van der Waals surface area contributed by atoms with Crippen molar-refractivity contribution < 1.29 is 15.0 Å². The van der Waals surface area contributed by atoms with Crippen LogP contribution >= 0.6 is 0 Å². The number of nitrogens with zero attached hydrogens (tertiary/aromatic N) is 1. The standard InChI is InChI=1S/C15H21NO3/c17-9-5-1-4-8-16-11-13(15(18)19)10-12-6-2-3-7-14(12)16/h2-3,6-7,13,17H,1,4-5,8-11H2,(H,18,19). The summed E-state index contributed by atoms with van der Waals surface area (Å²) in [5.74, 6) is -1.03. The molecule has 4 nitrogen and oxygen atoms in total. The number of aliphatic hydroxyl groups excluding tert-OH is 1. The molecule has 1 heterocycles. The van der Waals surface area contributed by atoms with E-state index in [2.05, 4.69) is 11.0 Å². The van der Waals surface area contributed by atoms with Gasteiger partial charge in [-0.3, -0.25) is 4.79 Å². The fourth-order valence-electron chi connectivity index (χ4n) is 2.65. The molecule has 1 atom stereocenters. The van der Waals surface area contributed by atoms with Gasteiger partial charge in [-0.25, -0.2) is 0 Å². The van der Waals surface area contributed by atoms with Gasteiger partial charge in [0.15, 0.2) is 0 Å². The maximum absolute atomic E-state index is 11.2. The summed E-state index contributed by atoms with van der Waals surface area (Å²) < 4.78 is 0. The van der Waals surface area contributed by atoms with E-state index in [-0.39, 0.29) is 12.5 Å². The quantitative estimate of drug-likeness (QED) is 0.770. The smallest absolute Gasteiger partial charge is 0.308 e. The molecule has 104 valence electrons. The highest BCUT2D eigenvalue weighted by atomic mass is 16.4. The van der Waals surface area contributed by atoms with Crippen LogP contribution in [0.3, 0.4) is 0 Å². The van der Waals surface area contributed by atoms with E-state index in [0.717, 1.165) is 31.4 Å². The van der Waals surface area contributed by atoms with Crippen LogP contribution in [0.25, 0.3) is 0 Å². The average molecular weight is 263 g/mol. The zero-order valence-electron chi connectivity index (χ0n) is 11.1. The highest BCUT2D eigenvalue weighted by Crippen LogP contribution is 2.29. The topological polar surface area (TPSA) is 60.8 Å². The minimum atomic E-state index is -0.713. The lowest BCUT2D eigenvalue weighted by molar-refractivity contribution is -0.141. The number of aliphatic hydroxyl groups is 1. The van der Waals surface area contributed by atoms with Gasteiger partial charge in [-0.15, -0.1) is 0 Å². The van der Waals surface area contributed by atoms with Crippen molar-refractivity contribution in [3.05, 3.63) is 29.8 Å². The Morgan fingerprint density at radius 3 is 2.79 bits per heavy atom. The van der Waals surface area contributed by atoms with Crippen molar-refractivity contribution in [2.45, 2.75) is 25.7 Å². The van der Waals surface area contributed by atoms with E-state index in [9.17, 15) is 9.90 Å². The number of rotatable bonds is 6. The van der Waals surface area contributed by atoms with Crippen molar-refractivity contribution >= 4 is 11.7 Å². The first-order chi connectivity index (χ1) is 9.22. The summed E-state index contributed by atoms with van der Waals surface area (Å²) in [7, 11) is 0. The third-order valence-electron chi connectivity index (χ3n) is 3.67. The average Bonchev–Trinajstić information content (AvgIpc) is 2.43. The normalized spacial score (nSPS) is 18.2. The number of para-hydroxylation sites is 1. The van der Waals surface area contributed by atoms with Gasteiger partial charge in [0.05, 0.1) is 5.92 Å². The van der Waals surface area contributed by atoms with Crippen molar-refractivity contribution in [1.29, 1.82) is 0 Å². The van der Waals surface area contributed by atoms with Gasteiger partial charge in [0.1, 0.15) is 0 Å². The first kappa shape index (κ1) is 13.9. The Morgan fingerprint density at radius 1 is 1.26 bits per heavy atom. The number of benzene rings is 1. The van der Waals surface area contributed by atoms with Crippen LogP contribution in [0.5, 0.6) is 0 Å². The molecular formula is C15H21NO3. The minimum absolute atomic E-state index is 0.230. The number of carboxylic acids is 1. The molecule has 0 fully saturated rings. The van der Waals surface area contributed by atoms with Gasteiger partial charge < -0.3 is 15.1 Å². The second-order valence-electron chi connectivity index (χ2n) is 5.10. The Balaban J connectivity index is 2.06. The summed E-state index contributed by atoms with van der Waals surface area (Å²) >= 11 is 0. The Labute approximate surface area is 113 Å². The number of hydrogen-bond donors (Lipinski definition) is 2. The molecule has 4 heteroatoms. The predicted molar refractivity (Wildman–Crippen MR) is 74.4 cm³/mol. The van der Waals surface area contributed by atoms with Crippen LogP contribution in [0.2, 0.25) is 0 Å². The van der Waals surface area contributed by atoms with Crippen LogP contribution in [0.15, 0.2) is 24.3 Å². The summed E-state index contributed by atoms with van der Waals surface area (Å²) in [4.78, 5) is 13.4. The molecule has 19 heavy (non-hydrogen) atoms. The van der Waals surface area contributed by atoms with Crippen molar-refractivity contribution in [3.63, 3.8) is 0 Å². The second-order valence-corrected chi connectivity index (χ2v) is 5.10. The van der Waals surface area contributed by atoms with Gasteiger partial charge in [-0.2, -0.15) is 0 Å². The molecule has 1 aliphatic rings. The molecule has 0 bridgehead atoms. The first-order valence-corrected chi connectivity index (χ1v) is 6.89. The lowest BCUT2D eigenvalue weighted by atomic mass is 9.92. The van der Waals surface area contributed by atoms with Crippen LogP contribution in [0.4, 0.5) is 5.69 Å². The van der Waals surface area contributed by atoms with Crippen molar-refractivity contribution in [2.75, 3.05) is 24.6 Å². The van der Waals surface area contributed by atoms with E-state index >= 15 is 0 Å². The zero-order valence-corrected chi connectivity index (χ0v) is 11.1. The van der Waals surface area contributed by atoms with Gasteiger partial charge in [-0.05, 0) is 37.3 Å². The molecule has 0 spiro atoms. The van der Waals surface area contributed by atoms with Gasteiger partial charge in [0, 0.05) is 25.4 Å². The number of aliphatic carboxylic acids is 1. The Kier molecular flexibility index (Phi) is 4.80. The van der Waals surface area contributed by atoms with Gasteiger partial charge in [0.2, 0.25) is 0 Å². The molecule has 0 amide bonds. The molecule has 1 aromatic carbocycles. The van der Waals surface area contributed by atoms with Crippen molar-refractivity contribution in [1.82, 2.24) is 0 Å². The fraction of sp³-hybridized carbons (Fsp3) is 0.533. The summed E-state index contributed by atoms with van der Waals surface area (Å²) in [5.41, 5.74) is 2.30. The lowest BCUT2D eigenvalue weighted by Crippen LogP contribution is -2.39. The molecule has 0 radical (unpaired) electrons. The molecule has 1 unspecified atom stereocenters. The molecule has 0 saturated carbocycles. The third-order valence-corrected chi connectivity index (χ3v) is 3.67. The van der Waals surface area contributed by atoms with Gasteiger partial charge in [0.25, 0.3) is 0 Å². The third kappa shape index (κ3) is 3.47. The van der Waals surface area contributed by atoms with Crippen LogP contribution < -0.4 is 4.90 Å². The number of carbonyl (C=O) groups is 1. The van der Waals surface area contributed by atoms with Crippen LogP contribution in [-0.4, -0.2) is 35.9 Å². The fourth-order valence-corrected chi connectivity index (χ4v) is 2.65. The molecule has 0 aromatic heterocycles. The largest absolute Gasteiger partial charge is 0.481 e. The number of unbranched alkanes of at least 4 members (excludes halogenated alkanes) is 2. The second kappa shape index (κ2) is 6.57. The van der Waals surface area contributed by atoms with E-state index in [4.69, 9.17) is 5.11 Å². The Hall–Kier alpha value is -1.55. The highest BCUT2D eigenvalue weighted by Gasteiger charge is 2.28. The molecule has 0 aliphatic carbocycles. The van der Waals surface area contributed by atoms with Crippen LogP contribution in [0, 0.1) is 5.92 Å². The minimum Gasteiger partial charge on any atom is -0.481 e. The highest BCUT2D eigenvalue weighted by molar-refractivity contribution is 5.73. The summed E-state index contributed by atoms with van der Waals surface area (Å²) in [6.07, 6.45) is 3.41. The number of anilines is 1. The van der Waals surface area contributed by atoms with E-state index < -0.39 is 5.97 Å². The maximum atomic E-state index is 11.2. The summed E-state index contributed by atoms with van der Waals surface area (Å²) in [5, 5.41) is 18.0. The number of hydrogen-bond acceptors (Lipinski definition) is 3. The van der Waals surface area contributed by atoms with Crippen LogP contribution in [0.1, 0.15) is 24.8 Å². The maximum Gasteiger partial charge on any atom is 0.308 e. The molecule has 2 N–H and O–H groups in total. The molecule has 1 aromatic rings. The Morgan fingerprint density at radius 2 is 2.05 bits per heavy atom. The van der Waals surface area contributed by atoms with E-state index in [0.29, 0.717) is 13.0 Å². The van der Waals surface area contributed by atoms with Gasteiger partial charge >= 0.3 is 5.97 Å². The van der Waals surface area contributed by atoms with E-state index in [1.54, 1.807) is 0 Å². The van der Waals surface area contributed by atoms with E-state index in [1.165, 1.54) is 5.69 Å². The molecule has 1 aliphatic heterocycles. The number of carboxylic acid groups (broad SMARTS) is 1. The molecule has 0 saturated heterocycles. The van der Waals surface area contributed by atoms with Crippen molar-refractivity contribution in [2.24, 2.45) is 5.92 Å². The van der Waals surface area contributed by atoms with Gasteiger partial charge in [-0.1, -0.05) is 18.2 Å². The SMILES string of the molecule is O=C(O)C1Cc2ccccc2N(CCCCCO)C1. The number of fused-ring (bicyclic) bond motifs is 1. The Bertz CT molecular complexity index is 433. The summed E-state index contributed by atoms with van der Waals surface area (Å²) in [6.45, 7) is 1.68. The van der Waals surface area contributed by atoms with Crippen LogP contribution in [-0.2, 0) is 11.2 Å². The monoisotopic (exact) mass is 263 g/mol. The summed E-state index contributed by atoms with van der Waals surface area (Å²) in [6, 6.07) is 8.05. The predicted octanol–water partition coefficient (Wildman–Crippen LogP) is 1.91. The molecular weight excluding hydrogens is 242 g/mol. The zero-order chi connectivity index (χ0) is 13.7. The first-order valence-electron chi connectivity index (χ1n) is 6.89. The molecule has 2 rings (SSSR count). The van der Waals surface area contributed by atoms with Crippen molar-refractivity contribution in [3.8, 4) is 0 Å². The lowest BCUT2D eigenvalue weighted by Gasteiger charge is -2.34. The van der Waals surface area contributed by atoms with E-state index in [1.807, 2.05) is 18.2 Å².